The summed E-state index contributed by atoms with van der Waals surface area (Å²) in [5.41, 5.74) is 2.15. The molecule has 4 heterocycles. The molecule has 11 heteroatoms. The number of anilines is 1. The summed E-state index contributed by atoms with van der Waals surface area (Å²) in [7, 11) is 0. The summed E-state index contributed by atoms with van der Waals surface area (Å²) in [6.45, 7) is 5.85. The Kier molecular flexibility index (Phi) is 5.56. The third-order valence-electron chi connectivity index (χ3n) is 6.09. The molecule has 36 heavy (non-hydrogen) atoms. The van der Waals surface area contributed by atoms with E-state index in [4.69, 9.17) is 5.26 Å². The SMILES string of the molecule is CC(C)Nc1cc(-n2ncc3cc(C#N)cnc32)ncc1-c1cn(C2(C)C=CC=CC2C(=O)O)nn1. The molecular formula is C25H23N9O2. The molecule has 0 bridgehead atoms. The summed E-state index contributed by atoms with van der Waals surface area (Å²) in [5, 5.41) is 36.1. The lowest BCUT2D eigenvalue weighted by molar-refractivity contribution is -0.142. The van der Waals surface area contributed by atoms with E-state index in [-0.39, 0.29) is 6.04 Å². The molecule has 4 aromatic rings. The van der Waals surface area contributed by atoms with Crippen molar-refractivity contribution in [3.63, 3.8) is 0 Å². The van der Waals surface area contributed by atoms with Crippen molar-refractivity contribution < 1.29 is 9.90 Å². The Hall–Kier alpha value is -4.85. The number of nitrogens with one attached hydrogen (secondary N) is 1. The molecule has 1 aliphatic rings. The van der Waals surface area contributed by atoms with Crippen LogP contribution in [0.15, 0.2) is 61.2 Å². The van der Waals surface area contributed by atoms with Crippen molar-refractivity contribution in [1.29, 1.82) is 5.26 Å². The highest BCUT2D eigenvalue weighted by Gasteiger charge is 2.39. The Labute approximate surface area is 206 Å². The van der Waals surface area contributed by atoms with Crippen LogP contribution < -0.4 is 5.32 Å². The summed E-state index contributed by atoms with van der Waals surface area (Å²) in [6.07, 6.45) is 13.5. The predicted molar refractivity (Wildman–Crippen MR) is 132 cm³/mol. The van der Waals surface area contributed by atoms with Gasteiger partial charge in [-0.3, -0.25) is 4.79 Å². The van der Waals surface area contributed by atoms with Crippen molar-refractivity contribution in [3.8, 4) is 23.1 Å². The van der Waals surface area contributed by atoms with Crippen molar-refractivity contribution in [2.45, 2.75) is 32.4 Å². The fraction of sp³-hybridized carbons (Fsp3) is 0.240. The molecule has 2 unspecified atom stereocenters. The van der Waals surface area contributed by atoms with Crippen LogP contribution >= 0.6 is 0 Å². The van der Waals surface area contributed by atoms with Gasteiger partial charge in [-0.15, -0.1) is 5.10 Å². The third kappa shape index (κ3) is 3.88. The van der Waals surface area contributed by atoms with Gasteiger partial charge in [0.25, 0.3) is 0 Å². The monoisotopic (exact) mass is 481 g/mol. The van der Waals surface area contributed by atoms with Gasteiger partial charge in [0.05, 0.1) is 23.5 Å². The maximum absolute atomic E-state index is 11.9. The number of carboxylic acids is 1. The zero-order valence-electron chi connectivity index (χ0n) is 19.9. The molecule has 180 valence electrons. The Balaban J connectivity index is 1.56. The van der Waals surface area contributed by atoms with Crippen LogP contribution in [0.1, 0.15) is 26.3 Å². The number of allylic oxidation sites excluding steroid dienone is 3. The minimum Gasteiger partial charge on any atom is -0.481 e. The molecule has 11 nitrogen and oxygen atoms in total. The van der Waals surface area contributed by atoms with Crippen molar-refractivity contribution in [2.75, 3.05) is 5.32 Å². The number of nitrogens with zero attached hydrogens (tertiary/aromatic N) is 8. The number of carbonyl (C=O) groups is 1. The van der Waals surface area contributed by atoms with Gasteiger partial charge in [-0.2, -0.15) is 15.0 Å². The number of rotatable bonds is 6. The lowest BCUT2D eigenvalue weighted by atomic mass is 9.82. The van der Waals surface area contributed by atoms with E-state index < -0.39 is 17.4 Å². The van der Waals surface area contributed by atoms with Crippen LogP contribution in [0.25, 0.3) is 28.1 Å². The van der Waals surface area contributed by atoms with Crippen LogP contribution in [0.3, 0.4) is 0 Å². The Morgan fingerprint density at radius 2 is 2.06 bits per heavy atom. The number of aromatic nitrogens is 7. The van der Waals surface area contributed by atoms with Crippen LogP contribution in [-0.2, 0) is 10.3 Å². The quantitative estimate of drug-likeness (QED) is 0.423. The lowest BCUT2D eigenvalue weighted by Crippen LogP contribution is -2.41. The van der Waals surface area contributed by atoms with Crippen LogP contribution in [0.5, 0.6) is 0 Å². The summed E-state index contributed by atoms with van der Waals surface area (Å²) in [6, 6.07) is 5.77. The summed E-state index contributed by atoms with van der Waals surface area (Å²) < 4.78 is 3.19. The average Bonchev–Trinajstić information content (AvgIpc) is 3.51. The first-order valence-corrected chi connectivity index (χ1v) is 11.3. The molecule has 0 spiro atoms. The van der Waals surface area contributed by atoms with E-state index in [9.17, 15) is 9.90 Å². The Bertz CT molecular complexity index is 1570. The number of nitriles is 1. The highest BCUT2D eigenvalue weighted by atomic mass is 16.4. The normalized spacial score (nSPS) is 19.0. The van der Waals surface area contributed by atoms with Gasteiger partial charge < -0.3 is 10.4 Å². The molecule has 0 fully saturated rings. The lowest BCUT2D eigenvalue weighted by Gasteiger charge is -2.32. The molecule has 0 radical (unpaired) electrons. The first kappa shape index (κ1) is 22.9. The molecule has 4 aromatic heterocycles. The highest BCUT2D eigenvalue weighted by molar-refractivity contribution is 5.79. The molecule has 2 N–H and O–H groups in total. The van der Waals surface area contributed by atoms with Gasteiger partial charge in [-0.05, 0) is 26.8 Å². The second kappa shape index (κ2) is 8.74. The predicted octanol–water partition coefficient (Wildman–Crippen LogP) is 3.31. The minimum atomic E-state index is -0.940. The largest absolute Gasteiger partial charge is 0.481 e. The molecular weight excluding hydrogens is 458 g/mol. The molecule has 0 saturated carbocycles. The van der Waals surface area contributed by atoms with E-state index in [1.54, 1.807) is 46.2 Å². The first-order valence-electron chi connectivity index (χ1n) is 11.3. The molecule has 1 aliphatic carbocycles. The maximum atomic E-state index is 11.9. The van der Waals surface area contributed by atoms with Crippen molar-refractivity contribution >= 4 is 22.7 Å². The van der Waals surface area contributed by atoms with E-state index in [1.165, 1.54) is 6.20 Å². The fourth-order valence-electron chi connectivity index (χ4n) is 4.24. The zero-order chi connectivity index (χ0) is 25.4. The average molecular weight is 482 g/mol. The van der Waals surface area contributed by atoms with E-state index >= 15 is 0 Å². The first-order chi connectivity index (χ1) is 17.3. The third-order valence-corrected chi connectivity index (χ3v) is 6.09. The van der Waals surface area contributed by atoms with E-state index in [2.05, 4.69) is 36.8 Å². The van der Waals surface area contributed by atoms with Crippen LogP contribution in [-0.4, -0.2) is 51.9 Å². The molecule has 0 amide bonds. The molecule has 0 aliphatic heterocycles. The van der Waals surface area contributed by atoms with Gasteiger partial charge in [0, 0.05) is 41.1 Å². The number of hydrogen-bond acceptors (Lipinski definition) is 8. The van der Waals surface area contributed by atoms with E-state index in [0.29, 0.717) is 28.3 Å². The minimum absolute atomic E-state index is 0.111. The highest BCUT2D eigenvalue weighted by Crippen LogP contribution is 2.34. The molecule has 0 aromatic carbocycles. The number of aliphatic carboxylic acids is 1. The number of pyridine rings is 2. The smallest absolute Gasteiger partial charge is 0.313 e. The van der Waals surface area contributed by atoms with Gasteiger partial charge in [-0.1, -0.05) is 29.5 Å². The Morgan fingerprint density at radius 1 is 1.22 bits per heavy atom. The van der Waals surface area contributed by atoms with Crippen LogP contribution in [0.4, 0.5) is 5.69 Å². The zero-order valence-corrected chi connectivity index (χ0v) is 19.9. The fourth-order valence-corrected chi connectivity index (χ4v) is 4.24. The van der Waals surface area contributed by atoms with Crippen molar-refractivity contribution in [3.05, 3.63) is 66.8 Å². The van der Waals surface area contributed by atoms with Gasteiger partial charge in [0.2, 0.25) is 0 Å². The van der Waals surface area contributed by atoms with Gasteiger partial charge in [0.1, 0.15) is 17.7 Å². The van der Waals surface area contributed by atoms with E-state index in [0.717, 1.165) is 11.1 Å². The van der Waals surface area contributed by atoms with Gasteiger partial charge >= 0.3 is 5.97 Å². The summed E-state index contributed by atoms with van der Waals surface area (Å²) >= 11 is 0. The topological polar surface area (TPSA) is 147 Å². The van der Waals surface area contributed by atoms with Gasteiger partial charge in [-0.25, -0.2) is 14.6 Å². The van der Waals surface area contributed by atoms with Crippen LogP contribution in [0.2, 0.25) is 0 Å². The van der Waals surface area contributed by atoms with Crippen molar-refractivity contribution in [2.24, 2.45) is 5.92 Å². The number of hydrogen-bond donors (Lipinski definition) is 2. The van der Waals surface area contributed by atoms with E-state index in [1.807, 2.05) is 39.0 Å². The summed E-state index contributed by atoms with van der Waals surface area (Å²) in [4.78, 5) is 20.9. The second-order valence-electron chi connectivity index (χ2n) is 9.03. The standard InChI is InChI=1S/C25H23N9O2/c1-15(2)30-20-9-22(34-23-17(12-29-34)8-16(10-26)11-28-23)27-13-18(20)21-14-33(32-31-21)25(3)7-5-4-6-19(25)24(35)36/h4-9,11-15,19H,1-3H3,(H,27,30)(H,35,36). The molecule has 2 atom stereocenters. The van der Waals surface area contributed by atoms with Gasteiger partial charge in [0.15, 0.2) is 11.5 Å². The summed E-state index contributed by atoms with van der Waals surface area (Å²) in [5.74, 6) is -1.18. The Morgan fingerprint density at radius 3 is 2.81 bits per heavy atom. The second-order valence-corrected chi connectivity index (χ2v) is 9.03. The molecule has 0 saturated heterocycles. The number of fused-ring (bicyclic) bond motifs is 1. The van der Waals surface area contributed by atoms with Crippen LogP contribution in [0, 0.1) is 17.2 Å². The maximum Gasteiger partial charge on any atom is 0.313 e. The molecule has 5 rings (SSSR count). The number of carboxylic acid groups (broad SMARTS) is 1. The van der Waals surface area contributed by atoms with Crippen molar-refractivity contribution in [1.82, 2.24) is 34.7 Å².